The first-order valence-electron chi connectivity index (χ1n) is 3.67. The predicted octanol–water partition coefficient (Wildman–Crippen LogP) is -0.758. The number of H-pyrrole nitrogens is 1. The summed E-state index contributed by atoms with van der Waals surface area (Å²) in [5.41, 5.74) is 0.192. The highest BCUT2D eigenvalue weighted by Gasteiger charge is 2.08. The fourth-order valence-corrected chi connectivity index (χ4v) is 0.797. The SMILES string of the molecule is O=C(Nc1nn[nH]n1)c1cnccn1. The van der Waals surface area contributed by atoms with Crippen LogP contribution in [0.3, 0.4) is 0 Å². The highest BCUT2D eigenvalue weighted by Crippen LogP contribution is 1.96. The van der Waals surface area contributed by atoms with Gasteiger partial charge in [-0.3, -0.25) is 15.1 Å². The normalized spacial score (nSPS) is 9.71. The second kappa shape index (κ2) is 3.56. The number of aromatic nitrogens is 6. The van der Waals surface area contributed by atoms with Gasteiger partial charge in [-0.1, -0.05) is 5.10 Å². The van der Waals surface area contributed by atoms with Crippen LogP contribution in [0.4, 0.5) is 5.95 Å². The number of carbonyl (C=O) groups excluding carboxylic acids is 1. The molecule has 0 unspecified atom stereocenters. The third-order valence-electron chi connectivity index (χ3n) is 1.37. The zero-order valence-corrected chi connectivity index (χ0v) is 6.88. The van der Waals surface area contributed by atoms with Crippen LogP contribution in [0.5, 0.6) is 0 Å². The Hall–Kier alpha value is -2.38. The van der Waals surface area contributed by atoms with Gasteiger partial charge in [0.25, 0.3) is 11.9 Å². The molecule has 0 aliphatic carbocycles. The molecule has 70 valence electrons. The molecule has 0 saturated heterocycles. The van der Waals surface area contributed by atoms with E-state index in [0.717, 1.165) is 0 Å². The summed E-state index contributed by atoms with van der Waals surface area (Å²) in [7, 11) is 0. The van der Waals surface area contributed by atoms with Crippen LogP contribution in [0, 0.1) is 0 Å². The summed E-state index contributed by atoms with van der Waals surface area (Å²) in [6, 6.07) is 0. The summed E-state index contributed by atoms with van der Waals surface area (Å²) >= 11 is 0. The number of hydrogen-bond acceptors (Lipinski definition) is 6. The molecule has 0 atom stereocenters. The van der Waals surface area contributed by atoms with Crippen LogP contribution in [0.2, 0.25) is 0 Å². The van der Waals surface area contributed by atoms with Crippen LogP contribution in [0.25, 0.3) is 0 Å². The topological polar surface area (TPSA) is 109 Å². The lowest BCUT2D eigenvalue weighted by Gasteiger charge is -1.97. The first kappa shape index (κ1) is 8.23. The Kier molecular flexibility index (Phi) is 2.09. The molecular weight excluding hydrogens is 186 g/mol. The molecule has 1 amide bonds. The van der Waals surface area contributed by atoms with E-state index in [2.05, 4.69) is 35.9 Å². The van der Waals surface area contributed by atoms with Crippen molar-refractivity contribution in [3.8, 4) is 0 Å². The van der Waals surface area contributed by atoms with Crippen molar-refractivity contribution >= 4 is 11.9 Å². The van der Waals surface area contributed by atoms with Crippen LogP contribution in [-0.2, 0) is 0 Å². The number of tetrazole rings is 1. The van der Waals surface area contributed by atoms with Crippen molar-refractivity contribution in [2.75, 3.05) is 5.32 Å². The van der Waals surface area contributed by atoms with Gasteiger partial charge in [-0.25, -0.2) is 4.98 Å². The van der Waals surface area contributed by atoms with Crippen molar-refractivity contribution in [3.05, 3.63) is 24.3 Å². The van der Waals surface area contributed by atoms with Crippen LogP contribution >= 0.6 is 0 Å². The lowest BCUT2D eigenvalue weighted by Crippen LogP contribution is -2.14. The summed E-state index contributed by atoms with van der Waals surface area (Å²) in [6.45, 7) is 0. The van der Waals surface area contributed by atoms with Crippen molar-refractivity contribution in [3.63, 3.8) is 0 Å². The zero-order chi connectivity index (χ0) is 9.80. The van der Waals surface area contributed by atoms with Crippen molar-refractivity contribution in [2.24, 2.45) is 0 Å². The van der Waals surface area contributed by atoms with Crippen LogP contribution < -0.4 is 5.32 Å². The zero-order valence-electron chi connectivity index (χ0n) is 6.88. The highest BCUT2D eigenvalue weighted by atomic mass is 16.2. The number of carbonyl (C=O) groups is 1. The van der Waals surface area contributed by atoms with Crippen molar-refractivity contribution in [2.45, 2.75) is 0 Å². The number of anilines is 1. The van der Waals surface area contributed by atoms with Gasteiger partial charge in [0.2, 0.25) is 0 Å². The Morgan fingerprint density at radius 2 is 2.36 bits per heavy atom. The summed E-state index contributed by atoms with van der Waals surface area (Å²) in [5.74, 6) is -0.333. The molecule has 0 bridgehead atoms. The number of aromatic amines is 1. The van der Waals surface area contributed by atoms with E-state index in [9.17, 15) is 4.79 Å². The van der Waals surface area contributed by atoms with E-state index < -0.39 is 5.91 Å². The minimum atomic E-state index is -0.431. The van der Waals surface area contributed by atoms with Gasteiger partial charge in [-0.05, 0) is 5.21 Å². The van der Waals surface area contributed by atoms with Gasteiger partial charge in [0.1, 0.15) is 5.69 Å². The number of nitrogens with one attached hydrogen (secondary N) is 2. The maximum Gasteiger partial charge on any atom is 0.278 e. The standard InChI is InChI=1S/C6H5N7O/c14-5(4-3-7-1-2-8-4)9-6-10-12-13-11-6/h1-3H,(H2,9,10,11,12,13,14). The van der Waals surface area contributed by atoms with Crippen molar-refractivity contribution in [1.82, 2.24) is 30.6 Å². The second-order valence-electron chi connectivity index (χ2n) is 2.28. The molecule has 0 spiro atoms. The number of hydrogen-bond donors (Lipinski definition) is 2. The summed E-state index contributed by atoms with van der Waals surface area (Å²) in [5, 5.41) is 15.0. The fourth-order valence-electron chi connectivity index (χ4n) is 0.797. The smallest absolute Gasteiger partial charge is 0.278 e. The lowest BCUT2D eigenvalue weighted by atomic mass is 10.4. The molecule has 8 nitrogen and oxygen atoms in total. The fraction of sp³-hybridized carbons (Fsp3) is 0. The summed E-state index contributed by atoms with van der Waals surface area (Å²) in [4.78, 5) is 18.9. The van der Waals surface area contributed by atoms with Gasteiger partial charge >= 0.3 is 0 Å². The number of rotatable bonds is 2. The van der Waals surface area contributed by atoms with Crippen molar-refractivity contribution < 1.29 is 4.79 Å². The molecule has 2 heterocycles. The summed E-state index contributed by atoms with van der Waals surface area (Å²) in [6.07, 6.45) is 4.24. The Balaban J connectivity index is 2.11. The average Bonchev–Trinajstić information content (AvgIpc) is 2.72. The second-order valence-corrected chi connectivity index (χ2v) is 2.28. The third-order valence-corrected chi connectivity index (χ3v) is 1.37. The maximum absolute atomic E-state index is 11.4. The van der Waals surface area contributed by atoms with Gasteiger partial charge in [0.05, 0.1) is 6.20 Å². The predicted molar refractivity (Wildman–Crippen MR) is 44.2 cm³/mol. The van der Waals surface area contributed by atoms with E-state index in [1.165, 1.54) is 18.6 Å². The number of amides is 1. The summed E-state index contributed by atoms with van der Waals surface area (Å²) < 4.78 is 0. The molecule has 8 heteroatoms. The molecule has 0 aromatic carbocycles. The van der Waals surface area contributed by atoms with E-state index in [1.807, 2.05) is 0 Å². The average molecular weight is 191 g/mol. The lowest BCUT2D eigenvalue weighted by molar-refractivity contribution is 0.102. The first-order chi connectivity index (χ1) is 6.86. The van der Waals surface area contributed by atoms with Gasteiger partial charge < -0.3 is 0 Å². The van der Waals surface area contributed by atoms with Gasteiger partial charge in [-0.15, -0.1) is 5.10 Å². The quantitative estimate of drug-likeness (QED) is 0.645. The molecule has 2 aromatic rings. The molecule has 0 saturated carbocycles. The van der Waals surface area contributed by atoms with E-state index in [0.29, 0.717) is 0 Å². The van der Waals surface area contributed by atoms with E-state index in [1.54, 1.807) is 0 Å². The molecule has 0 aliphatic heterocycles. The molecule has 2 N–H and O–H groups in total. The van der Waals surface area contributed by atoms with Crippen molar-refractivity contribution in [1.29, 1.82) is 0 Å². The third kappa shape index (κ3) is 1.68. The maximum atomic E-state index is 11.4. The van der Waals surface area contributed by atoms with Gasteiger partial charge in [-0.2, -0.15) is 5.21 Å². The van der Waals surface area contributed by atoms with Crippen LogP contribution in [-0.4, -0.2) is 36.5 Å². The van der Waals surface area contributed by atoms with Crippen LogP contribution in [0.15, 0.2) is 18.6 Å². The van der Waals surface area contributed by atoms with E-state index in [4.69, 9.17) is 0 Å². The molecule has 0 aliphatic rings. The minimum Gasteiger partial charge on any atom is -0.286 e. The Morgan fingerprint density at radius 3 is 3.00 bits per heavy atom. The first-order valence-corrected chi connectivity index (χ1v) is 3.67. The molecule has 2 rings (SSSR count). The monoisotopic (exact) mass is 191 g/mol. The Morgan fingerprint density at radius 1 is 1.43 bits per heavy atom. The Bertz CT molecular complexity index is 411. The van der Waals surface area contributed by atoms with Crippen LogP contribution in [0.1, 0.15) is 10.5 Å². The van der Waals surface area contributed by atoms with E-state index in [-0.39, 0.29) is 11.6 Å². The minimum absolute atomic E-state index is 0.0978. The molecule has 14 heavy (non-hydrogen) atoms. The van der Waals surface area contributed by atoms with Gasteiger partial charge in [0, 0.05) is 12.4 Å². The Labute approximate surface area is 77.8 Å². The molecule has 2 aromatic heterocycles. The van der Waals surface area contributed by atoms with Gasteiger partial charge in [0.15, 0.2) is 0 Å². The molecular formula is C6H5N7O. The number of nitrogens with zero attached hydrogens (tertiary/aromatic N) is 5. The highest BCUT2D eigenvalue weighted by molar-refractivity contribution is 6.01. The van der Waals surface area contributed by atoms with E-state index >= 15 is 0 Å². The molecule has 0 fully saturated rings. The largest absolute Gasteiger partial charge is 0.286 e. The molecule has 0 radical (unpaired) electrons.